The molecule has 2 aromatic heterocycles. The van der Waals surface area contributed by atoms with Gasteiger partial charge in [0.1, 0.15) is 11.9 Å². The van der Waals surface area contributed by atoms with E-state index in [0.29, 0.717) is 19.0 Å². The fourth-order valence-electron chi connectivity index (χ4n) is 2.84. The summed E-state index contributed by atoms with van der Waals surface area (Å²) < 4.78 is 11.2. The van der Waals surface area contributed by atoms with Gasteiger partial charge in [-0.3, -0.25) is 0 Å². The van der Waals surface area contributed by atoms with E-state index in [1.54, 1.807) is 6.20 Å². The number of hydrogen-bond donors (Lipinski definition) is 1. The molecule has 1 atom stereocenters. The number of nitrogens with zero attached hydrogens (tertiary/aromatic N) is 3. The first-order chi connectivity index (χ1) is 12.3. The van der Waals surface area contributed by atoms with Crippen molar-refractivity contribution in [1.29, 1.82) is 0 Å². The first kappa shape index (κ1) is 15.8. The molecule has 0 bridgehead atoms. The molecule has 25 heavy (non-hydrogen) atoms. The van der Waals surface area contributed by atoms with E-state index in [-0.39, 0.29) is 6.10 Å². The molecule has 1 aromatic carbocycles. The summed E-state index contributed by atoms with van der Waals surface area (Å²) in [5.41, 5.74) is 3.75. The number of aryl methyl sites for hydroxylation is 1. The van der Waals surface area contributed by atoms with Gasteiger partial charge in [0.05, 0.1) is 29.9 Å². The van der Waals surface area contributed by atoms with Crippen LogP contribution in [0.5, 0.6) is 5.88 Å². The number of fused-ring (bicyclic) bond motifs is 1. The monoisotopic (exact) mass is 336 g/mol. The van der Waals surface area contributed by atoms with E-state index in [4.69, 9.17) is 9.47 Å². The fraction of sp³-hybridized carbons (Fsp3) is 0.316. The molecule has 1 aliphatic rings. The molecule has 0 saturated carbocycles. The largest absolute Gasteiger partial charge is 0.472 e. The second-order valence-electron chi connectivity index (χ2n) is 6.11. The molecule has 1 saturated heterocycles. The molecule has 3 heterocycles. The number of nitrogens with one attached hydrogen (secondary N) is 1. The molecule has 0 radical (unpaired) electrons. The highest BCUT2D eigenvalue weighted by molar-refractivity contribution is 5.76. The first-order valence-corrected chi connectivity index (χ1v) is 8.44. The number of ether oxygens (including phenoxy) is 2. The predicted octanol–water partition coefficient (Wildman–Crippen LogP) is 3.11. The second-order valence-corrected chi connectivity index (χ2v) is 6.11. The summed E-state index contributed by atoms with van der Waals surface area (Å²) in [6, 6.07) is 11.8. The van der Waals surface area contributed by atoms with Crippen molar-refractivity contribution in [2.24, 2.45) is 0 Å². The lowest BCUT2D eigenvalue weighted by Gasteiger charge is -2.12. The number of pyridine rings is 1. The van der Waals surface area contributed by atoms with Gasteiger partial charge < -0.3 is 14.8 Å². The van der Waals surface area contributed by atoms with E-state index in [2.05, 4.69) is 20.3 Å². The SMILES string of the molecule is Cc1nc2ccccc2nc1NCc1ccnc(OC2CCOC2)c1. The lowest BCUT2D eigenvalue weighted by molar-refractivity contribution is 0.138. The lowest BCUT2D eigenvalue weighted by atomic mass is 10.2. The van der Waals surface area contributed by atoms with Crippen LogP contribution in [-0.4, -0.2) is 34.3 Å². The van der Waals surface area contributed by atoms with Gasteiger partial charge >= 0.3 is 0 Å². The molecule has 3 aromatic rings. The van der Waals surface area contributed by atoms with Gasteiger partial charge in [0.25, 0.3) is 0 Å². The Kier molecular flexibility index (Phi) is 4.43. The van der Waals surface area contributed by atoms with E-state index < -0.39 is 0 Å². The third-order valence-electron chi connectivity index (χ3n) is 4.18. The third kappa shape index (κ3) is 3.69. The molecule has 1 unspecified atom stereocenters. The van der Waals surface area contributed by atoms with Crippen molar-refractivity contribution in [3.8, 4) is 5.88 Å². The van der Waals surface area contributed by atoms with Gasteiger partial charge in [-0.05, 0) is 30.7 Å². The smallest absolute Gasteiger partial charge is 0.213 e. The highest BCUT2D eigenvalue weighted by Gasteiger charge is 2.17. The van der Waals surface area contributed by atoms with Crippen molar-refractivity contribution in [2.75, 3.05) is 18.5 Å². The number of anilines is 1. The lowest BCUT2D eigenvalue weighted by Crippen LogP contribution is -2.16. The van der Waals surface area contributed by atoms with Crippen molar-refractivity contribution in [1.82, 2.24) is 15.0 Å². The van der Waals surface area contributed by atoms with Gasteiger partial charge in [-0.25, -0.2) is 15.0 Å². The summed E-state index contributed by atoms with van der Waals surface area (Å²) in [4.78, 5) is 13.5. The minimum atomic E-state index is 0.101. The fourth-order valence-corrected chi connectivity index (χ4v) is 2.84. The summed E-state index contributed by atoms with van der Waals surface area (Å²) in [6.07, 6.45) is 2.78. The number of hydrogen-bond acceptors (Lipinski definition) is 6. The van der Waals surface area contributed by atoms with Gasteiger partial charge in [-0.15, -0.1) is 0 Å². The molecular formula is C19H20N4O2. The maximum Gasteiger partial charge on any atom is 0.213 e. The number of rotatable bonds is 5. The molecule has 1 aliphatic heterocycles. The van der Waals surface area contributed by atoms with Crippen LogP contribution in [0, 0.1) is 6.92 Å². The Labute approximate surface area is 146 Å². The summed E-state index contributed by atoms with van der Waals surface area (Å²) in [7, 11) is 0. The van der Waals surface area contributed by atoms with Crippen LogP contribution in [0.3, 0.4) is 0 Å². The number of para-hydroxylation sites is 2. The quantitative estimate of drug-likeness (QED) is 0.772. The van der Waals surface area contributed by atoms with Crippen molar-refractivity contribution in [2.45, 2.75) is 26.0 Å². The molecule has 1 fully saturated rings. The molecule has 6 nitrogen and oxygen atoms in total. The average Bonchev–Trinajstić information content (AvgIpc) is 3.13. The Morgan fingerprint density at radius 3 is 2.84 bits per heavy atom. The van der Waals surface area contributed by atoms with E-state index in [1.165, 1.54) is 0 Å². The summed E-state index contributed by atoms with van der Waals surface area (Å²) in [6.45, 7) is 3.98. The zero-order valence-corrected chi connectivity index (χ0v) is 14.1. The Morgan fingerprint density at radius 1 is 1.20 bits per heavy atom. The highest BCUT2D eigenvalue weighted by atomic mass is 16.5. The summed E-state index contributed by atoms with van der Waals surface area (Å²) >= 11 is 0. The Balaban J connectivity index is 1.46. The van der Waals surface area contributed by atoms with E-state index in [9.17, 15) is 0 Å². The molecule has 128 valence electrons. The van der Waals surface area contributed by atoms with Gasteiger partial charge in [-0.2, -0.15) is 0 Å². The molecule has 0 aliphatic carbocycles. The van der Waals surface area contributed by atoms with Crippen molar-refractivity contribution in [3.63, 3.8) is 0 Å². The van der Waals surface area contributed by atoms with Crippen molar-refractivity contribution < 1.29 is 9.47 Å². The highest BCUT2D eigenvalue weighted by Crippen LogP contribution is 2.19. The van der Waals surface area contributed by atoms with E-state index in [1.807, 2.05) is 43.3 Å². The maximum atomic E-state index is 5.86. The third-order valence-corrected chi connectivity index (χ3v) is 4.18. The molecule has 1 N–H and O–H groups in total. The molecule has 6 heteroatoms. The number of aromatic nitrogens is 3. The van der Waals surface area contributed by atoms with Crippen molar-refractivity contribution in [3.05, 3.63) is 53.9 Å². The minimum Gasteiger partial charge on any atom is -0.472 e. The zero-order valence-electron chi connectivity index (χ0n) is 14.1. The molecule has 4 rings (SSSR count). The van der Waals surface area contributed by atoms with E-state index >= 15 is 0 Å². The van der Waals surface area contributed by atoms with Crippen LogP contribution in [0.25, 0.3) is 11.0 Å². The van der Waals surface area contributed by atoms with Crippen LogP contribution >= 0.6 is 0 Å². The van der Waals surface area contributed by atoms with Crippen LogP contribution in [0.4, 0.5) is 5.82 Å². The Bertz CT molecular complexity index is 878. The van der Waals surface area contributed by atoms with Gasteiger partial charge in [0.15, 0.2) is 0 Å². The van der Waals surface area contributed by atoms with Gasteiger partial charge in [0.2, 0.25) is 5.88 Å². The Hall–Kier alpha value is -2.73. The summed E-state index contributed by atoms with van der Waals surface area (Å²) in [5, 5.41) is 3.36. The maximum absolute atomic E-state index is 5.86. The van der Waals surface area contributed by atoms with Crippen LogP contribution in [0.1, 0.15) is 17.7 Å². The predicted molar refractivity (Wildman–Crippen MR) is 95.7 cm³/mol. The van der Waals surface area contributed by atoms with Crippen molar-refractivity contribution >= 4 is 16.9 Å². The standard InChI is InChI=1S/C19H20N4O2/c1-13-19(23-17-5-3-2-4-16(17)22-13)21-11-14-6-8-20-18(10-14)25-15-7-9-24-12-15/h2-6,8,10,15H,7,9,11-12H2,1H3,(H,21,23). The average molecular weight is 336 g/mol. The van der Waals surface area contributed by atoms with Crippen LogP contribution in [-0.2, 0) is 11.3 Å². The first-order valence-electron chi connectivity index (χ1n) is 8.44. The molecule has 0 amide bonds. The Morgan fingerprint density at radius 2 is 2.04 bits per heavy atom. The zero-order chi connectivity index (χ0) is 17.1. The number of benzene rings is 1. The van der Waals surface area contributed by atoms with Crippen LogP contribution < -0.4 is 10.1 Å². The topological polar surface area (TPSA) is 69.2 Å². The molecular weight excluding hydrogens is 316 g/mol. The normalized spacial score (nSPS) is 16.9. The summed E-state index contributed by atoms with van der Waals surface area (Å²) in [5.74, 6) is 1.43. The van der Waals surface area contributed by atoms with Gasteiger partial charge in [0, 0.05) is 25.2 Å². The molecule has 0 spiro atoms. The van der Waals surface area contributed by atoms with Crippen LogP contribution in [0.15, 0.2) is 42.6 Å². The minimum absolute atomic E-state index is 0.101. The van der Waals surface area contributed by atoms with Gasteiger partial charge in [-0.1, -0.05) is 12.1 Å². The van der Waals surface area contributed by atoms with Crippen LogP contribution in [0.2, 0.25) is 0 Å². The van der Waals surface area contributed by atoms with E-state index in [0.717, 1.165) is 41.1 Å². The second kappa shape index (κ2) is 7.03.